The Bertz CT molecular complexity index is 515. The molecular weight excluding hydrogens is 318 g/mol. The highest BCUT2D eigenvalue weighted by Crippen LogP contribution is 2.47. The van der Waals surface area contributed by atoms with Crippen LogP contribution in [0.15, 0.2) is 5.11 Å². The Morgan fingerprint density at radius 3 is 2.70 bits per heavy atom. The minimum atomic E-state index is -2.45. The fourth-order valence-electron chi connectivity index (χ4n) is 3.08. The number of esters is 1. The summed E-state index contributed by atoms with van der Waals surface area (Å²) in [4.78, 5) is 24.9. The monoisotopic (exact) mass is 343 g/mol. The lowest BCUT2D eigenvalue weighted by atomic mass is 9.82. The first-order valence-electron chi connectivity index (χ1n) is 7.77. The van der Waals surface area contributed by atoms with Gasteiger partial charge in [-0.15, -0.1) is 0 Å². The van der Waals surface area contributed by atoms with Gasteiger partial charge in [0.1, 0.15) is 12.1 Å². The van der Waals surface area contributed by atoms with E-state index < -0.39 is 32.7 Å². The Balaban J connectivity index is 2.32. The summed E-state index contributed by atoms with van der Waals surface area (Å²) in [5.41, 5.74) is 8.82. The number of rotatable bonds is 5. The SMILES string of the molecule is CC(=O)OC1[C@H](N=[N+]=[N-])C2OC[C@@H](O2)[C@H]1CC(C)(C)[Si](C)(C)O. The lowest BCUT2D eigenvalue weighted by Gasteiger charge is -2.44. The van der Waals surface area contributed by atoms with Crippen molar-refractivity contribution in [3.8, 4) is 0 Å². The van der Waals surface area contributed by atoms with Crippen LogP contribution in [0.2, 0.25) is 18.1 Å². The molecule has 2 fully saturated rings. The third kappa shape index (κ3) is 3.69. The van der Waals surface area contributed by atoms with Crippen molar-refractivity contribution in [2.75, 3.05) is 6.61 Å². The molecule has 5 atom stereocenters. The van der Waals surface area contributed by atoms with Gasteiger partial charge >= 0.3 is 5.97 Å². The summed E-state index contributed by atoms with van der Waals surface area (Å²) in [6.07, 6.45) is -0.923. The summed E-state index contributed by atoms with van der Waals surface area (Å²) < 4.78 is 16.8. The number of carbonyl (C=O) groups excluding carboxylic acids is 1. The van der Waals surface area contributed by atoms with E-state index >= 15 is 0 Å². The van der Waals surface area contributed by atoms with Gasteiger partial charge in [-0.25, -0.2) is 0 Å². The van der Waals surface area contributed by atoms with Crippen molar-refractivity contribution in [1.29, 1.82) is 0 Å². The first kappa shape index (κ1) is 18.2. The second kappa shape index (κ2) is 6.41. The van der Waals surface area contributed by atoms with E-state index in [4.69, 9.17) is 19.7 Å². The normalized spacial score (nSPS) is 33.9. The number of azide groups is 1. The molecule has 9 heteroatoms. The number of fused-ring (bicyclic) bond motifs is 2. The van der Waals surface area contributed by atoms with Gasteiger partial charge in [-0.1, -0.05) is 19.0 Å². The van der Waals surface area contributed by atoms with Crippen molar-refractivity contribution in [2.24, 2.45) is 11.0 Å². The van der Waals surface area contributed by atoms with E-state index in [9.17, 15) is 9.59 Å². The van der Waals surface area contributed by atoms with E-state index in [2.05, 4.69) is 10.0 Å². The van der Waals surface area contributed by atoms with Crippen molar-refractivity contribution in [3.63, 3.8) is 0 Å². The average molecular weight is 343 g/mol. The molecule has 2 heterocycles. The maximum Gasteiger partial charge on any atom is 0.302 e. The van der Waals surface area contributed by atoms with Gasteiger partial charge in [-0.2, -0.15) is 0 Å². The molecule has 0 aromatic rings. The first-order chi connectivity index (χ1) is 10.6. The van der Waals surface area contributed by atoms with Crippen LogP contribution in [0.1, 0.15) is 27.2 Å². The molecule has 2 aliphatic rings. The standard InChI is InChI=1S/C14H25N3O5Si/c1-8(18)21-12-9(6-14(2,3)23(4,5)19)10-7-20-13(22-10)11(12)16-17-15/h9-13,19H,6-7H2,1-5H3/t9-,10-,11+,12?,13?/m1/s1. The molecule has 2 rings (SSSR count). The van der Waals surface area contributed by atoms with Crippen molar-refractivity contribution in [3.05, 3.63) is 10.4 Å². The Morgan fingerprint density at radius 2 is 2.17 bits per heavy atom. The summed E-state index contributed by atoms with van der Waals surface area (Å²) in [6.45, 7) is 9.49. The predicted molar refractivity (Wildman–Crippen MR) is 84.9 cm³/mol. The van der Waals surface area contributed by atoms with E-state index in [-0.39, 0.29) is 17.1 Å². The molecular formula is C14H25N3O5Si. The maximum absolute atomic E-state index is 11.5. The highest BCUT2D eigenvalue weighted by Gasteiger charge is 2.54. The fraction of sp³-hybridized carbons (Fsp3) is 0.929. The van der Waals surface area contributed by atoms with Crippen LogP contribution in [0.25, 0.3) is 10.4 Å². The average Bonchev–Trinajstić information content (AvgIpc) is 2.83. The molecule has 2 aliphatic heterocycles. The van der Waals surface area contributed by atoms with Gasteiger partial charge in [0, 0.05) is 17.8 Å². The molecule has 23 heavy (non-hydrogen) atoms. The van der Waals surface area contributed by atoms with Crippen LogP contribution >= 0.6 is 0 Å². The summed E-state index contributed by atoms with van der Waals surface area (Å²) in [5.74, 6) is -0.625. The zero-order valence-electron chi connectivity index (χ0n) is 14.2. The van der Waals surface area contributed by atoms with Crippen molar-refractivity contribution >= 4 is 14.3 Å². The molecule has 2 bridgehead atoms. The molecule has 0 spiro atoms. The van der Waals surface area contributed by atoms with Gasteiger partial charge in [0.25, 0.3) is 0 Å². The minimum Gasteiger partial charge on any atom is -0.462 e. The van der Waals surface area contributed by atoms with Crippen molar-refractivity contribution in [2.45, 2.75) is 69.9 Å². The van der Waals surface area contributed by atoms with Crippen molar-refractivity contribution in [1.82, 2.24) is 0 Å². The Morgan fingerprint density at radius 1 is 1.52 bits per heavy atom. The van der Waals surface area contributed by atoms with Gasteiger partial charge in [0.2, 0.25) is 0 Å². The van der Waals surface area contributed by atoms with Crippen LogP contribution in [0.3, 0.4) is 0 Å². The highest BCUT2D eigenvalue weighted by atomic mass is 28.4. The van der Waals surface area contributed by atoms with Crippen molar-refractivity contribution < 1.29 is 23.8 Å². The van der Waals surface area contributed by atoms with Crippen LogP contribution < -0.4 is 0 Å². The second-order valence-corrected chi connectivity index (χ2v) is 11.9. The van der Waals surface area contributed by atoms with E-state index in [1.807, 2.05) is 26.9 Å². The van der Waals surface area contributed by atoms with E-state index in [1.165, 1.54) is 6.92 Å². The van der Waals surface area contributed by atoms with Crippen LogP contribution in [0, 0.1) is 5.92 Å². The molecule has 0 saturated carbocycles. The molecule has 130 valence electrons. The van der Waals surface area contributed by atoms with Crippen LogP contribution in [-0.2, 0) is 19.0 Å². The van der Waals surface area contributed by atoms with E-state index in [0.29, 0.717) is 13.0 Å². The minimum absolute atomic E-state index is 0.193. The molecule has 2 unspecified atom stereocenters. The number of carbonyl (C=O) groups is 1. The zero-order valence-corrected chi connectivity index (χ0v) is 15.2. The number of nitrogens with zero attached hydrogens (tertiary/aromatic N) is 3. The van der Waals surface area contributed by atoms with Gasteiger partial charge in [-0.3, -0.25) is 4.79 Å². The lowest BCUT2D eigenvalue weighted by molar-refractivity contribution is -0.184. The molecule has 0 radical (unpaired) electrons. The molecule has 1 N–H and O–H groups in total. The van der Waals surface area contributed by atoms with Gasteiger partial charge in [0.15, 0.2) is 14.6 Å². The first-order valence-corrected chi connectivity index (χ1v) is 10.7. The maximum atomic E-state index is 11.5. The molecule has 0 amide bonds. The molecule has 0 aromatic carbocycles. The van der Waals surface area contributed by atoms with Gasteiger partial charge in [0.05, 0.1) is 12.7 Å². The topological polar surface area (TPSA) is 114 Å². The summed E-state index contributed by atoms with van der Waals surface area (Å²) in [7, 11) is -2.45. The number of hydrogen-bond acceptors (Lipinski definition) is 6. The molecule has 0 aliphatic carbocycles. The van der Waals surface area contributed by atoms with Gasteiger partial charge < -0.3 is 19.0 Å². The smallest absolute Gasteiger partial charge is 0.302 e. The van der Waals surface area contributed by atoms with Crippen LogP contribution in [0.5, 0.6) is 0 Å². The van der Waals surface area contributed by atoms with Gasteiger partial charge in [-0.05, 0) is 30.1 Å². The lowest BCUT2D eigenvalue weighted by Crippen LogP contribution is -2.53. The Labute approximate surface area is 136 Å². The highest BCUT2D eigenvalue weighted by molar-refractivity contribution is 6.72. The zero-order chi connectivity index (χ0) is 17.4. The summed E-state index contributed by atoms with van der Waals surface area (Å²) in [5, 5.41) is 3.42. The Kier molecular flexibility index (Phi) is 5.08. The second-order valence-electron chi connectivity index (χ2n) is 7.46. The van der Waals surface area contributed by atoms with Crippen LogP contribution in [0.4, 0.5) is 0 Å². The predicted octanol–water partition coefficient (Wildman–Crippen LogP) is 2.34. The fourth-order valence-corrected chi connectivity index (χ4v) is 3.81. The third-order valence-corrected chi connectivity index (χ3v) is 8.65. The summed E-state index contributed by atoms with van der Waals surface area (Å²) >= 11 is 0. The van der Waals surface area contributed by atoms with E-state index in [1.54, 1.807) is 0 Å². The quantitative estimate of drug-likeness (QED) is 0.270. The number of hydrogen-bond donors (Lipinski definition) is 1. The summed E-state index contributed by atoms with van der Waals surface area (Å²) in [6, 6.07) is -0.716. The molecule has 8 nitrogen and oxygen atoms in total. The van der Waals surface area contributed by atoms with E-state index in [0.717, 1.165) is 0 Å². The number of ether oxygens (including phenoxy) is 3. The largest absolute Gasteiger partial charge is 0.462 e. The third-order valence-electron chi connectivity index (χ3n) is 5.14. The Hall–Kier alpha value is -1.12. The molecule has 0 aromatic heterocycles. The van der Waals surface area contributed by atoms with Crippen LogP contribution in [-0.4, -0.2) is 50.2 Å². The molecule has 2 saturated heterocycles.